The lowest BCUT2D eigenvalue weighted by Crippen LogP contribution is -1.81. The van der Waals surface area contributed by atoms with Gasteiger partial charge in [-0.05, 0) is 11.5 Å². The van der Waals surface area contributed by atoms with Crippen LogP contribution in [0.5, 0.6) is 5.75 Å². The third kappa shape index (κ3) is 1.32. The predicted octanol–water partition coefficient (Wildman–Crippen LogP) is 2.81. The average molecular weight is 207 g/mol. The Balaban J connectivity index is 2.69. The van der Waals surface area contributed by atoms with E-state index < -0.39 is 0 Å². The molecule has 14 heavy (non-hydrogen) atoms. The van der Waals surface area contributed by atoms with Gasteiger partial charge in [0.1, 0.15) is 5.75 Å². The summed E-state index contributed by atoms with van der Waals surface area (Å²) < 4.78 is 13.4. The van der Waals surface area contributed by atoms with Crippen LogP contribution < -0.4 is 0 Å². The fourth-order valence-electron chi connectivity index (χ4n) is 1.33. The van der Waals surface area contributed by atoms with Crippen molar-refractivity contribution in [3.05, 3.63) is 28.9 Å². The first-order chi connectivity index (χ1) is 6.72. The normalized spacial score (nSPS) is 10.3. The van der Waals surface area contributed by atoms with E-state index in [1.54, 1.807) is 12.1 Å². The highest BCUT2D eigenvalue weighted by Crippen LogP contribution is 2.34. The molecule has 1 heterocycles. The van der Waals surface area contributed by atoms with Crippen molar-refractivity contribution in [1.82, 2.24) is 0 Å². The second-order valence-electron chi connectivity index (χ2n) is 2.88. The van der Waals surface area contributed by atoms with Gasteiger partial charge in [-0.25, -0.2) is 0 Å². The molecule has 2 rings (SSSR count). The number of hydrogen-bond acceptors (Lipinski definition) is 3. The Morgan fingerprint density at radius 2 is 2.29 bits per heavy atom. The van der Waals surface area contributed by atoms with Gasteiger partial charge >= 0.3 is 0 Å². The van der Waals surface area contributed by atoms with E-state index in [0.717, 1.165) is 11.3 Å². The van der Waals surface area contributed by atoms with E-state index in [2.05, 4.69) is 0 Å². The largest absolute Gasteiger partial charge is 0.506 e. The zero-order valence-corrected chi connectivity index (χ0v) is 7.94. The van der Waals surface area contributed by atoms with Crippen LogP contribution in [0.2, 0.25) is 0 Å². The predicted molar refractivity (Wildman–Crippen MR) is 52.8 cm³/mol. The minimum atomic E-state index is -0.329. The summed E-state index contributed by atoms with van der Waals surface area (Å²) in [5, 5.41) is 18.5. The number of benzene rings is 1. The number of phenols is 1. The molecule has 0 aliphatic carbocycles. The van der Waals surface area contributed by atoms with E-state index >= 15 is 0 Å². The van der Waals surface area contributed by atoms with Crippen molar-refractivity contribution in [1.29, 1.82) is 5.26 Å². The number of halogens is 1. The molecule has 0 saturated heterocycles. The Morgan fingerprint density at radius 1 is 1.50 bits per heavy atom. The third-order valence-corrected chi connectivity index (χ3v) is 2.93. The maximum absolute atomic E-state index is 12.9. The van der Waals surface area contributed by atoms with E-state index in [-0.39, 0.29) is 17.3 Å². The van der Waals surface area contributed by atoms with E-state index in [0.29, 0.717) is 15.6 Å². The van der Waals surface area contributed by atoms with Crippen molar-refractivity contribution in [2.75, 3.05) is 0 Å². The van der Waals surface area contributed by atoms with Gasteiger partial charge in [0.2, 0.25) is 0 Å². The van der Waals surface area contributed by atoms with Gasteiger partial charge < -0.3 is 5.11 Å². The maximum Gasteiger partial charge on any atom is 0.177 e. The van der Waals surface area contributed by atoms with Crippen LogP contribution in [0.25, 0.3) is 10.1 Å². The first-order valence-corrected chi connectivity index (χ1v) is 4.81. The van der Waals surface area contributed by atoms with Gasteiger partial charge in [-0.2, -0.15) is 9.65 Å². The quantitative estimate of drug-likeness (QED) is 0.781. The van der Waals surface area contributed by atoms with Crippen LogP contribution in [0.4, 0.5) is 4.39 Å². The average Bonchev–Trinajstić information content (AvgIpc) is 2.52. The summed E-state index contributed by atoms with van der Waals surface area (Å²) in [6, 6.07) is 6.67. The van der Waals surface area contributed by atoms with E-state index in [1.807, 2.05) is 6.07 Å². The van der Waals surface area contributed by atoms with Gasteiger partial charge in [0, 0.05) is 5.56 Å². The molecule has 0 unspecified atom stereocenters. The van der Waals surface area contributed by atoms with Crippen molar-refractivity contribution >= 4 is 21.4 Å². The molecule has 0 amide bonds. The molecule has 1 aromatic heterocycles. The van der Waals surface area contributed by atoms with Gasteiger partial charge in [0.25, 0.3) is 0 Å². The molecule has 1 N–H and O–H groups in total. The molecule has 0 saturated carbocycles. The fraction of sp³-hybridized carbons (Fsp3) is 0.100. The minimum absolute atomic E-state index is 0.0259. The summed E-state index contributed by atoms with van der Waals surface area (Å²) in [6.45, 7) is 0. The minimum Gasteiger partial charge on any atom is -0.506 e. The topological polar surface area (TPSA) is 44.0 Å². The number of hydrogen-bond donors (Lipinski definition) is 1. The summed E-state index contributed by atoms with van der Waals surface area (Å²) in [7, 11) is 0. The third-order valence-electron chi connectivity index (χ3n) is 1.98. The zero-order valence-electron chi connectivity index (χ0n) is 7.12. The molecule has 0 fully saturated rings. The molecule has 0 radical (unpaired) electrons. The van der Waals surface area contributed by atoms with Gasteiger partial charge in [-0.1, -0.05) is 12.1 Å². The van der Waals surface area contributed by atoms with Crippen LogP contribution >= 0.6 is 11.3 Å². The summed E-state index contributed by atoms with van der Waals surface area (Å²) in [5.41, 5.74) is 0.543. The van der Waals surface area contributed by atoms with Gasteiger partial charge in [-0.3, -0.25) is 0 Å². The standard InChI is InChI=1S/C10H6FNOS/c11-8-5-7-2-1-6(3-4-12)9(13)10(7)14-8/h1-2,5,13H,3H2. The van der Waals surface area contributed by atoms with E-state index in [1.165, 1.54) is 6.07 Å². The summed E-state index contributed by atoms with van der Waals surface area (Å²) in [4.78, 5) is 0. The second-order valence-corrected chi connectivity index (χ2v) is 3.88. The number of fused-ring (bicyclic) bond motifs is 1. The molecule has 1 aromatic carbocycles. The number of aromatic hydroxyl groups is 1. The van der Waals surface area contributed by atoms with Gasteiger partial charge in [0.15, 0.2) is 5.13 Å². The molecule has 0 atom stereocenters. The van der Waals surface area contributed by atoms with Crippen LogP contribution in [0.3, 0.4) is 0 Å². The lowest BCUT2D eigenvalue weighted by atomic mass is 10.1. The van der Waals surface area contributed by atoms with Crippen molar-refractivity contribution in [3.63, 3.8) is 0 Å². The zero-order chi connectivity index (χ0) is 10.1. The first-order valence-electron chi connectivity index (χ1n) is 3.99. The van der Waals surface area contributed by atoms with Gasteiger partial charge in [-0.15, -0.1) is 11.3 Å². The number of rotatable bonds is 1. The molecule has 2 nitrogen and oxygen atoms in total. The van der Waals surface area contributed by atoms with Crippen molar-refractivity contribution in [2.24, 2.45) is 0 Å². The molecule has 0 spiro atoms. The lowest BCUT2D eigenvalue weighted by Gasteiger charge is -1.99. The molecule has 0 aliphatic rings. The van der Waals surface area contributed by atoms with Crippen molar-refractivity contribution in [2.45, 2.75) is 6.42 Å². The summed E-state index contributed by atoms with van der Waals surface area (Å²) >= 11 is 0.893. The second kappa shape index (κ2) is 3.28. The monoisotopic (exact) mass is 207 g/mol. The highest BCUT2D eigenvalue weighted by molar-refractivity contribution is 7.17. The van der Waals surface area contributed by atoms with Crippen molar-refractivity contribution < 1.29 is 9.50 Å². The van der Waals surface area contributed by atoms with Crippen LogP contribution in [-0.4, -0.2) is 5.11 Å². The Bertz CT molecular complexity index is 527. The van der Waals surface area contributed by atoms with Crippen LogP contribution in [0, 0.1) is 16.5 Å². The van der Waals surface area contributed by atoms with E-state index in [9.17, 15) is 9.50 Å². The number of nitriles is 1. The Morgan fingerprint density at radius 3 is 3.00 bits per heavy atom. The first kappa shape index (κ1) is 8.97. The molecule has 4 heteroatoms. The Hall–Kier alpha value is -1.60. The van der Waals surface area contributed by atoms with Crippen LogP contribution in [0.1, 0.15) is 5.56 Å². The van der Waals surface area contributed by atoms with Gasteiger partial charge in [0.05, 0.1) is 17.2 Å². The summed E-state index contributed by atoms with van der Waals surface area (Å²) in [6.07, 6.45) is 0.140. The van der Waals surface area contributed by atoms with Crippen molar-refractivity contribution in [3.8, 4) is 11.8 Å². The van der Waals surface area contributed by atoms with E-state index in [4.69, 9.17) is 5.26 Å². The molecule has 0 bridgehead atoms. The highest BCUT2D eigenvalue weighted by atomic mass is 32.1. The molecule has 0 aliphatic heterocycles. The SMILES string of the molecule is N#CCc1ccc2cc(F)sc2c1O. The molecule has 2 aromatic rings. The number of nitrogens with zero attached hydrogens (tertiary/aromatic N) is 1. The fourth-order valence-corrected chi connectivity index (χ4v) is 2.18. The smallest absolute Gasteiger partial charge is 0.177 e. The van der Waals surface area contributed by atoms with Crippen LogP contribution in [-0.2, 0) is 6.42 Å². The Labute approximate surface area is 83.8 Å². The number of thiophene rings is 1. The maximum atomic E-state index is 12.9. The molecular weight excluding hydrogens is 201 g/mol. The Kier molecular flexibility index (Phi) is 2.10. The lowest BCUT2D eigenvalue weighted by molar-refractivity contribution is 0.477. The van der Waals surface area contributed by atoms with Crippen LogP contribution in [0.15, 0.2) is 18.2 Å². The summed E-state index contributed by atoms with van der Waals surface area (Å²) in [5.74, 6) is 0.0259. The highest BCUT2D eigenvalue weighted by Gasteiger charge is 2.09. The molecule has 70 valence electrons. The number of phenolic OH excluding ortho intramolecular Hbond substituents is 1. The molecular formula is C10H6FNOS.